The number of nitrogens with zero attached hydrogens (tertiary/aromatic N) is 3. The number of aromatic nitrogens is 2. The van der Waals surface area contributed by atoms with E-state index in [1.165, 1.54) is 6.26 Å². The molecule has 3 heterocycles. The molecule has 3 aromatic rings. The Kier molecular flexibility index (Phi) is 3.42. The van der Waals surface area contributed by atoms with Gasteiger partial charge < -0.3 is 9.73 Å². The van der Waals surface area contributed by atoms with Gasteiger partial charge in [0.2, 0.25) is 0 Å². The molecule has 7 nitrogen and oxygen atoms in total. The first kappa shape index (κ1) is 15.2. The number of amides is 3. The highest BCUT2D eigenvalue weighted by Crippen LogP contribution is 2.29. The molecule has 4 rings (SSSR count). The van der Waals surface area contributed by atoms with Crippen LogP contribution in [0.1, 0.15) is 18.4 Å². The number of carbonyl (C=O) groups excluding carboxylic acids is 2. The highest BCUT2D eigenvalue weighted by atomic mass is 16.3. The second-order valence-electron chi connectivity index (χ2n) is 6.01. The molecule has 0 bridgehead atoms. The Morgan fingerprint density at radius 3 is 2.64 bits per heavy atom. The molecule has 7 heteroatoms. The summed E-state index contributed by atoms with van der Waals surface area (Å²) in [6.07, 6.45) is 3.28. The second-order valence-corrected chi connectivity index (χ2v) is 6.01. The van der Waals surface area contributed by atoms with E-state index in [4.69, 9.17) is 4.42 Å². The lowest BCUT2D eigenvalue weighted by Crippen LogP contribution is -2.40. The maximum atomic E-state index is 12.8. The minimum atomic E-state index is -1.19. The van der Waals surface area contributed by atoms with Gasteiger partial charge in [0.05, 0.1) is 24.2 Å². The summed E-state index contributed by atoms with van der Waals surface area (Å²) in [5, 5.41) is 7.14. The Morgan fingerprint density at radius 2 is 1.92 bits per heavy atom. The maximum absolute atomic E-state index is 12.8. The molecule has 1 aliphatic heterocycles. The van der Waals surface area contributed by atoms with Crippen molar-refractivity contribution < 1.29 is 14.0 Å². The van der Waals surface area contributed by atoms with Crippen molar-refractivity contribution in [2.75, 3.05) is 0 Å². The minimum Gasteiger partial charge on any atom is -0.466 e. The quantitative estimate of drug-likeness (QED) is 0.742. The molecule has 25 heavy (non-hydrogen) atoms. The third kappa shape index (κ3) is 2.50. The van der Waals surface area contributed by atoms with Gasteiger partial charge in [-0.2, -0.15) is 5.10 Å². The van der Waals surface area contributed by atoms with Gasteiger partial charge in [0.25, 0.3) is 5.91 Å². The molecule has 1 saturated heterocycles. The topological polar surface area (TPSA) is 80.4 Å². The number of carbonyl (C=O) groups is 2. The molecule has 0 aliphatic carbocycles. The number of hydrogen-bond acceptors (Lipinski definition) is 4. The van der Waals surface area contributed by atoms with Gasteiger partial charge in [-0.25, -0.2) is 9.48 Å². The number of nitrogens with one attached hydrogen (secondary N) is 1. The first-order valence-electron chi connectivity index (χ1n) is 7.86. The maximum Gasteiger partial charge on any atom is 0.325 e. The van der Waals surface area contributed by atoms with E-state index in [-0.39, 0.29) is 12.5 Å². The van der Waals surface area contributed by atoms with E-state index in [9.17, 15) is 9.59 Å². The number of rotatable bonds is 4. The van der Waals surface area contributed by atoms with Crippen LogP contribution in [0.15, 0.2) is 65.4 Å². The molecule has 0 radical (unpaired) electrons. The van der Waals surface area contributed by atoms with Gasteiger partial charge >= 0.3 is 6.03 Å². The van der Waals surface area contributed by atoms with Gasteiger partial charge in [0.1, 0.15) is 5.76 Å². The van der Waals surface area contributed by atoms with E-state index >= 15 is 0 Å². The summed E-state index contributed by atoms with van der Waals surface area (Å²) < 4.78 is 7.03. The Labute approximate surface area is 143 Å². The van der Waals surface area contributed by atoms with Crippen LogP contribution in [0.3, 0.4) is 0 Å². The molecule has 1 atom stereocenters. The van der Waals surface area contributed by atoms with Gasteiger partial charge in [-0.05, 0) is 37.3 Å². The number of imide groups is 1. The molecule has 3 amide bonds. The van der Waals surface area contributed by atoms with Crippen LogP contribution in [0.5, 0.6) is 0 Å². The molecule has 0 saturated carbocycles. The zero-order valence-electron chi connectivity index (χ0n) is 13.5. The van der Waals surface area contributed by atoms with Crippen molar-refractivity contribution in [3.05, 3.63) is 72.4 Å². The van der Waals surface area contributed by atoms with Crippen molar-refractivity contribution in [3.8, 4) is 5.69 Å². The molecule has 0 spiro atoms. The predicted molar refractivity (Wildman–Crippen MR) is 88.7 cm³/mol. The molecule has 1 N–H and O–H groups in total. The average Bonchev–Trinajstić information content (AvgIpc) is 3.34. The number of urea groups is 1. The SMILES string of the molecule is C[C@]1(c2ccco2)NC(=O)N(Cc2ccn(-c3ccccc3)n2)C1=O. The van der Waals surface area contributed by atoms with Gasteiger partial charge in [0, 0.05) is 6.20 Å². The van der Waals surface area contributed by atoms with Gasteiger partial charge in [-0.3, -0.25) is 9.69 Å². The molecule has 1 aromatic carbocycles. The number of para-hydroxylation sites is 1. The largest absolute Gasteiger partial charge is 0.466 e. The van der Waals surface area contributed by atoms with Crippen molar-refractivity contribution in [2.45, 2.75) is 19.0 Å². The van der Waals surface area contributed by atoms with Crippen LogP contribution in [0.2, 0.25) is 0 Å². The summed E-state index contributed by atoms with van der Waals surface area (Å²) in [6, 6.07) is 14.3. The lowest BCUT2D eigenvalue weighted by molar-refractivity contribution is -0.132. The van der Waals surface area contributed by atoms with Crippen LogP contribution in [0, 0.1) is 0 Å². The third-order valence-electron chi connectivity index (χ3n) is 4.27. The Balaban J connectivity index is 1.56. The van der Waals surface area contributed by atoms with Crippen molar-refractivity contribution in [1.82, 2.24) is 20.0 Å². The van der Waals surface area contributed by atoms with Crippen LogP contribution >= 0.6 is 0 Å². The minimum absolute atomic E-state index is 0.0980. The average molecular weight is 336 g/mol. The smallest absolute Gasteiger partial charge is 0.325 e. The Morgan fingerprint density at radius 1 is 1.12 bits per heavy atom. The Bertz CT molecular complexity index is 917. The van der Waals surface area contributed by atoms with Crippen molar-refractivity contribution in [3.63, 3.8) is 0 Å². The first-order chi connectivity index (χ1) is 12.1. The van der Waals surface area contributed by atoms with E-state index in [0.29, 0.717) is 11.5 Å². The summed E-state index contributed by atoms with van der Waals surface area (Å²) in [7, 11) is 0. The molecule has 1 fully saturated rings. The summed E-state index contributed by atoms with van der Waals surface area (Å²) in [5.74, 6) is 0.0462. The molecule has 0 unspecified atom stereocenters. The van der Waals surface area contributed by atoms with Gasteiger partial charge in [-0.15, -0.1) is 0 Å². The van der Waals surface area contributed by atoms with Gasteiger partial charge in [-0.1, -0.05) is 18.2 Å². The van der Waals surface area contributed by atoms with Crippen molar-refractivity contribution in [1.29, 1.82) is 0 Å². The fourth-order valence-corrected chi connectivity index (χ4v) is 2.90. The monoisotopic (exact) mass is 336 g/mol. The lowest BCUT2D eigenvalue weighted by atomic mass is 9.99. The van der Waals surface area contributed by atoms with E-state index in [0.717, 1.165) is 10.6 Å². The van der Waals surface area contributed by atoms with Crippen LogP contribution in [0.4, 0.5) is 4.79 Å². The van der Waals surface area contributed by atoms with E-state index in [1.807, 2.05) is 30.3 Å². The van der Waals surface area contributed by atoms with Crippen molar-refractivity contribution in [2.24, 2.45) is 0 Å². The normalized spacial score (nSPS) is 20.1. The summed E-state index contributed by atoms with van der Waals surface area (Å²) in [5.41, 5.74) is 0.338. The third-order valence-corrected chi connectivity index (χ3v) is 4.27. The van der Waals surface area contributed by atoms with Crippen LogP contribution in [-0.4, -0.2) is 26.6 Å². The number of furan rings is 1. The second kappa shape index (κ2) is 5.62. The van der Waals surface area contributed by atoms with Gasteiger partial charge in [0.15, 0.2) is 5.54 Å². The fourth-order valence-electron chi connectivity index (χ4n) is 2.90. The van der Waals surface area contributed by atoms with E-state index < -0.39 is 11.6 Å². The number of benzene rings is 1. The predicted octanol–water partition coefficient (Wildman–Crippen LogP) is 2.43. The molecular formula is C18H16N4O3. The molecular weight excluding hydrogens is 320 g/mol. The van der Waals surface area contributed by atoms with Crippen LogP contribution in [0.25, 0.3) is 5.69 Å². The molecule has 1 aliphatic rings. The standard InChI is InChI=1S/C18H16N4O3/c1-18(15-8-5-11-25-15)16(23)21(17(24)19-18)12-13-9-10-22(20-13)14-6-3-2-4-7-14/h2-11H,12H2,1H3,(H,19,24)/t18-/m1/s1. The first-order valence-corrected chi connectivity index (χ1v) is 7.86. The highest BCUT2D eigenvalue weighted by molar-refractivity contribution is 6.06. The van der Waals surface area contributed by atoms with Crippen LogP contribution in [-0.2, 0) is 16.9 Å². The fraction of sp³-hybridized carbons (Fsp3) is 0.167. The zero-order chi connectivity index (χ0) is 17.4. The highest BCUT2D eigenvalue weighted by Gasteiger charge is 2.51. The Hall–Kier alpha value is -3.35. The number of hydrogen-bond donors (Lipinski definition) is 1. The van der Waals surface area contributed by atoms with Crippen LogP contribution < -0.4 is 5.32 Å². The van der Waals surface area contributed by atoms with E-state index in [2.05, 4.69) is 10.4 Å². The molecule has 126 valence electrons. The van der Waals surface area contributed by atoms with E-state index in [1.54, 1.807) is 36.0 Å². The summed E-state index contributed by atoms with van der Waals surface area (Å²) in [4.78, 5) is 26.2. The summed E-state index contributed by atoms with van der Waals surface area (Å²) in [6.45, 7) is 1.73. The van der Waals surface area contributed by atoms with Crippen molar-refractivity contribution >= 4 is 11.9 Å². The lowest BCUT2D eigenvalue weighted by Gasteiger charge is -2.18. The summed E-state index contributed by atoms with van der Waals surface area (Å²) >= 11 is 0. The molecule has 2 aromatic heterocycles. The zero-order valence-corrected chi connectivity index (χ0v) is 13.5.